The molecule has 1 unspecified atom stereocenters. The number of rotatable bonds is 1. The van der Waals surface area contributed by atoms with E-state index in [1.165, 1.54) is 0 Å². The Morgan fingerprint density at radius 3 is 3.07 bits per heavy atom. The third-order valence-electron chi connectivity index (χ3n) is 2.10. The number of hydrogen-bond donors (Lipinski definition) is 0. The van der Waals surface area contributed by atoms with E-state index in [1.54, 1.807) is 0 Å². The summed E-state index contributed by atoms with van der Waals surface area (Å²) in [5, 5.41) is 0. The molecule has 1 aliphatic rings. The van der Waals surface area contributed by atoms with Crippen molar-refractivity contribution in [2.45, 2.75) is 19.1 Å². The second-order valence-corrected chi connectivity index (χ2v) is 3.36. The van der Waals surface area contributed by atoms with Crippen LogP contribution in [0, 0.1) is 0 Å². The van der Waals surface area contributed by atoms with Crippen molar-refractivity contribution >= 4 is 17.0 Å². The lowest BCUT2D eigenvalue weighted by Gasteiger charge is -2.24. The SMILES string of the molecule is O=C(Cl)OC1CCc2ccccc2O1. The second-order valence-electron chi connectivity index (χ2n) is 3.05. The summed E-state index contributed by atoms with van der Waals surface area (Å²) in [6.45, 7) is 0. The maximum atomic E-state index is 10.5. The Hall–Kier alpha value is -1.22. The van der Waals surface area contributed by atoms with Crippen molar-refractivity contribution in [2.75, 3.05) is 0 Å². The molecule has 0 saturated carbocycles. The van der Waals surface area contributed by atoms with E-state index in [4.69, 9.17) is 21.1 Å². The zero-order valence-electron chi connectivity index (χ0n) is 7.40. The van der Waals surface area contributed by atoms with Crippen LogP contribution < -0.4 is 4.74 Å². The van der Waals surface area contributed by atoms with Gasteiger partial charge >= 0.3 is 5.43 Å². The van der Waals surface area contributed by atoms with Crippen LogP contribution in [0.2, 0.25) is 0 Å². The van der Waals surface area contributed by atoms with E-state index in [9.17, 15) is 4.79 Å². The molecule has 0 aromatic heterocycles. The van der Waals surface area contributed by atoms with Gasteiger partial charge in [0.25, 0.3) is 0 Å². The van der Waals surface area contributed by atoms with Crippen LogP contribution in [0.3, 0.4) is 0 Å². The van der Waals surface area contributed by atoms with Gasteiger partial charge in [-0.3, -0.25) is 0 Å². The molecule has 0 saturated heterocycles. The van der Waals surface area contributed by atoms with Crippen LogP contribution in [0.15, 0.2) is 24.3 Å². The molecule has 2 rings (SSSR count). The molecule has 0 fully saturated rings. The molecule has 1 heterocycles. The maximum Gasteiger partial charge on any atom is 0.406 e. The average Bonchev–Trinajstić information content (AvgIpc) is 2.17. The molecule has 0 radical (unpaired) electrons. The predicted octanol–water partition coefficient (Wildman–Crippen LogP) is 2.71. The number of benzene rings is 1. The lowest BCUT2D eigenvalue weighted by atomic mass is 10.1. The van der Waals surface area contributed by atoms with Crippen LogP contribution in [0.4, 0.5) is 4.79 Å². The van der Waals surface area contributed by atoms with Crippen LogP contribution >= 0.6 is 11.6 Å². The molecule has 0 bridgehead atoms. The van der Waals surface area contributed by atoms with Gasteiger partial charge in [0, 0.05) is 18.0 Å². The van der Waals surface area contributed by atoms with Crippen molar-refractivity contribution in [3.63, 3.8) is 0 Å². The maximum absolute atomic E-state index is 10.5. The van der Waals surface area contributed by atoms with Crippen LogP contribution in [0.25, 0.3) is 0 Å². The van der Waals surface area contributed by atoms with Crippen molar-refractivity contribution in [1.29, 1.82) is 0 Å². The normalized spacial score (nSPS) is 19.4. The fourth-order valence-electron chi connectivity index (χ4n) is 1.49. The first-order valence-electron chi connectivity index (χ1n) is 4.36. The largest absolute Gasteiger partial charge is 0.454 e. The topological polar surface area (TPSA) is 35.5 Å². The van der Waals surface area contributed by atoms with Gasteiger partial charge in [-0.1, -0.05) is 18.2 Å². The van der Waals surface area contributed by atoms with E-state index in [-0.39, 0.29) is 0 Å². The first kappa shape index (κ1) is 9.34. The summed E-state index contributed by atoms with van der Waals surface area (Å²) in [4.78, 5) is 10.5. The minimum atomic E-state index is -0.825. The second kappa shape index (κ2) is 3.88. The quantitative estimate of drug-likeness (QED) is 0.672. The molecule has 0 amide bonds. The molecule has 0 N–H and O–H groups in total. The molecule has 1 aromatic carbocycles. The fourth-order valence-corrected chi connectivity index (χ4v) is 1.58. The highest BCUT2D eigenvalue weighted by Crippen LogP contribution is 2.27. The first-order chi connectivity index (χ1) is 6.75. The Balaban J connectivity index is 2.09. The van der Waals surface area contributed by atoms with Crippen molar-refractivity contribution in [3.05, 3.63) is 29.8 Å². The molecule has 0 aliphatic carbocycles. The monoisotopic (exact) mass is 212 g/mol. The van der Waals surface area contributed by atoms with Gasteiger partial charge in [-0.25, -0.2) is 4.79 Å². The third-order valence-corrected chi connectivity index (χ3v) is 2.19. The number of aryl methyl sites for hydroxylation is 1. The summed E-state index contributed by atoms with van der Waals surface area (Å²) < 4.78 is 10.2. The van der Waals surface area contributed by atoms with E-state index in [0.29, 0.717) is 6.42 Å². The molecular weight excluding hydrogens is 204 g/mol. The molecule has 4 heteroatoms. The zero-order chi connectivity index (χ0) is 9.97. The van der Waals surface area contributed by atoms with Crippen molar-refractivity contribution in [3.8, 4) is 5.75 Å². The fraction of sp³-hybridized carbons (Fsp3) is 0.300. The van der Waals surface area contributed by atoms with Gasteiger partial charge in [0.15, 0.2) is 0 Å². The van der Waals surface area contributed by atoms with Gasteiger partial charge in [0.1, 0.15) is 5.75 Å². The van der Waals surface area contributed by atoms with Gasteiger partial charge in [0.2, 0.25) is 6.29 Å². The van der Waals surface area contributed by atoms with Crippen LogP contribution in [-0.4, -0.2) is 11.7 Å². The zero-order valence-corrected chi connectivity index (χ0v) is 8.16. The lowest BCUT2D eigenvalue weighted by Crippen LogP contribution is -2.26. The summed E-state index contributed by atoms with van der Waals surface area (Å²) in [7, 11) is 0. The van der Waals surface area contributed by atoms with Gasteiger partial charge in [0.05, 0.1) is 0 Å². The third kappa shape index (κ3) is 1.99. The Morgan fingerprint density at radius 1 is 1.50 bits per heavy atom. The molecule has 74 valence electrons. The summed E-state index contributed by atoms with van der Waals surface area (Å²) >= 11 is 5.10. The van der Waals surface area contributed by atoms with E-state index in [0.717, 1.165) is 17.7 Å². The number of para-hydroxylation sites is 1. The molecule has 1 aromatic rings. The van der Waals surface area contributed by atoms with E-state index in [1.807, 2.05) is 24.3 Å². The highest BCUT2D eigenvalue weighted by Gasteiger charge is 2.21. The number of halogens is 1. The predicted molar refractivity (Wildman–Crippen MR) is 51.5 cm³/mol. The van der Waals surface area contributed by atoms with Gasteiger partial charge in [-0.2, -0.15) is 0 Å². The molecule has 1 atom stereocenters. The van der Waals surface area contributed by atoms with E-state index < -0.39 is 11.7 Å². The summed E-state index contributed by atoms with van der Waals surface area (Å²) in [5.74, 6) is 0.765. The average molecular weight is 213 g/mol. The Labute approximate surface area is 86.6 Å². The molecule has 0 spiro atoms. The highest BCUT2D eigenvalue weighted by molar-refractivity contribution is 6.61. The van der Waals surface area contributed by atoms with E-state index in [2.05, 4.69) is 0 Å². The van der Waals surface area contributed by atoms with Crippen LogP contribution in [0.5, 0.6) is 5.75 Å². The van der Waals surface area contributed by atoms with Crippen molar-refractivity contribution in [2.24, 2.45) is 0 Å². The Kier molecular flexibility index (Phi) is 2.59. The lowest BCUT2D eigenvalue weighted by molar-refractivity contribution is -0.0345. The summed E-state index contributed by atoms with van der Waals surface area (Å²) in [6.07, 6.45) is 0.940. The first-order valence-corrected chi connectivity index (χ1v) is 4.74. The van der Waals surface area contributed by atoms with Crippen molar-refractivity contribution in [1.82, 2.24) is 0 Å². The van der Waals surface area contributed by atoms with Crippen molar-refractivity contribution < 1.29 is 14.3 Å². The number of hydrogen-bond acceptors (Lipinski definition) is 3. The summed E-state index contributed by atoms with van der Waals surface area (Å²) in [5.41, 5.74) is 0.309. The Bertz CT molecular complexity index is 351. The molecule has 14 heavy (non-hydrogen) atoms. The van der Waals surface area contributed by atoms with Gasteiger partial charge in [-0.15, -0.1) is 0 Å². The minimum absolute atomic E-state index is 0.546. The number of carbonyl (C=O) groups excluding carboxylic acids is 1. The minimum Gasteiger partial charge on any atom is -0.454 e. The smallest absolute Gasteiger partial charge is 0.406 e. The number of ether oxygens (including phenoxy) is 2. The standard InChI is InChI=1S/C10H9ClO3/c11-10(12)14-9-6-5-7-3-1-2-4-8(7)13-9/h1-4,9H,5-6H2. The highest BCUT2D eigenvalue weighted by atomic mass is 35.5. The molecule has 3 nitrogen and oxygen atoms in total. The van der Waals surface area contributed by atoms with Gasteiger partial charge < -0.3 is 9.47 Å². The Morgan fingerprint density at radius 2 is 2.29 bits per heavy atom. The molecular formula is C10H9ClO3. The number of carbonyl (C=O) groups is 1. The van der Waals surface area contributed by atoms with E-state index >= 15 is 0 Å². The summed E-state index contributed by atoms with van der Waals surface area (Å²) in [6, 6.07) is 7.68. The van der Waals surface area contributed by atoms with Gasteiger partial charge in [-0.05, 0) is 18.1 Å². The molecule has 1 aliphatic heterocycles. The van der Waals surface area contributed by atoms with Crippen LogP contribution in [-0.2, 0) is 11.2 Å². The number of fused-ring (bicyclic) bond motifs is 1. The van der Waals surface area contributed by atoms with Crippen LogP contribution in [0.1, 0.15) is 12.0 Å².